The minimum Gasteiger partial charge on any atom is -0.359 e. The van der Waals surface area contributed by atoms with Gasteiger partial charge in [-0.15, -0.1) is 0 Å². The van der Waals surface area contributed by atoms with E-state index in [-0.39, 0.29) is 16.1 Å². The lowest BCUT2D eigenvalue weighted by Crippen LogP contribution is -2.19. The molecule has 6 heteroatoms. The van der Waals surface area contributed by atoms with E-state index in [0.717, 1.165) is 12.8 Å². The van der Waals surface area contributed by atoms with Gasteiger partial charge in [-0.1, -0.05) is 0 Å². The predicted octanol–water partition coefficient (Wildman–Crippen LogP) is 2.08. The summed E-state index contributed by atoms with van der Waals surface area (Å²) in [5, 5.41) is 18.4. The Kier molecular flexibility index (Phi) is 2.36. The molecule has 6 nitrogen and oxygen atoms in total. The summed E-state index contributed by atoms with van der Waals surface area (Å²) in [6.45, 7) is 6.30. The second-order valence-electron chi connectivity index (χ2n) is 4.54. The molecule has 0 aliphatic heterocycles. The number of nitrogens with one attached hydrogen (secondary N) is 1. The van der Waals surface area contributed by atoms with Crippen LogP contribution in [0.3, 0.4) is 0 Å². The summed E-state index contributed by atoms with van der Waals surface area (Å²) in [5.41, 5.74) is 0.595. The molecule has 0 aromatic carbocycles. The maximum atomic E-state index is 11.0. The molecular formula is C10H16N4O2. The van der Waals surface area contributed by atoms with Crippen molar-refractivity contribution < 1.29 is 4.92 Å². The molecule has 2 rings (SSSR count). The standard InChI is InChI=1S/C10H16N4O2/c1-4-13-9(11-10(3)5-6-10)8(14(15)16)7(2)12-13/h11H,4-6H2,1-3H3. The fourth-order valence-electron chi connectivity index (χ4n) is 1.74. The van der Waals surface area contributed by atoms with Crippen LogP contribution in [0.25, 0.3) is 0 Å². The first-order valence-electron chi connectivity index (χ1n) is 5.47. The SMILES string of the molecule is CCn1nc(C)c([N+](=O)[O-])c1NC1(C)CC1. The number of hydrogen-bond donors (Lipinski definition) is 1. The van der Waals surface area contributed by atoms with Crippen molar-refractivity contribution in [2.75, 3.05) is 5.32 Å². The molecule has 1 N–H and O–H groups in total. The van der Waals surface area contributed by atoms with Crippen LogP contribution in [0.5, 0.6) is 0 Å². The summed E-state index contributed by atoms with van der Waals surface area (Å²) in [7, 11) is 0. The van der Waals surface area contributed by atoms with Gasteiger partial charge in [0.25, 0.3) is 0 Å². The van der Waals surface area contributed by atoms with E-state index in [1.807, 2.05) is 6.92 Å². The molecule has 0 spiro atoms. The van der Waals surface area contributed by atoms with Crippen molar-refractivity contribution in [1.29, 1.82) is 0 Å². The van der Waals surface area contributed by atoms with Crippen molar-refractivity contribution in [3.63, 3.8) is 0 Å². The summed E-state index contributed by atoms with van der Waals surface area (Å²) in [6, 6.07) is 0. The van der Waals surface area contributed by atoms with E-state index in [4.69, 9.17) is 0 Å². The minimum absolute atomic E-state index is 0.0180. The van der Waals surface area contributed by atoms with E-state index in [0.29, 0.717) is 18.1 Å². The number of hydrogen-bond acceptors (Lipinski definition) is 4. The summed E-state index contributed by atoms with van der Waals surface area (Å²) in [4.78, 5) is 10.6. The van der Waals surface area contributed by atoms with Gasteiger partial charge in [0.2, 0.25) is 5.82 Å². The fraction of sp³-hybridized carbons (Fsp3) is 0.700. The zero-order chi connectivity index (χ0) is 11.9. The molecular weight excluding hydrogens is 208 g/mol. The van der Waals surface area contributed by atoms with E-state index >= 15 is 0 Å². The smallest absolute Gasteiger partial charge is 0.333 e. The van der Waals surface area contributed by atoms with E-state index in [1.54, 1.807) is 11.6 Å². The Balaban J connectivity index is 2.42. The first-order chi connectivity index (χ1) is 7.47. The average Bonchev–Trinajstić information content (AvgIpc) is 2.82. The van der Waals surface area contributed by atoms with Crippen LogP contribution < -0.4 is 5.32 Å². The molecule has 1 fully saturated rings. The maximum Gasteiger partial charge on any atom is 0.333 e. The summed E-state index contributed by atoms with van der Waals surface area (Å²) >= 11 is 0. The lowest BCUT2D eigenvalue weighted by Gasteiger charge is -2.13. The van der Waals surface area contributed by atoms with Gasteiger partial charge < -0.3 is 5.32 Å². The molecule has 0 atom stereocenters. The van der Waals surface area contributed by atoms with E-state index < -0.39 is 0 Å². The normalized spacial score (nSPS) is 17.2. The molecule has 1 aromatic rings. The highest BCUT2D eigenvalue weighted by molar-refractivity contribution is 5.61. The predicted molar refractivity (Wildman–Crippen MR) is 60.6 cm³/mol. The Morgan fingerprint density at radius 2 is 2.25 bits per heavy atom. The van der Waals surface area contributed by atoms with Crippen molar-refractivity contribution in [1.82, 2.24) is 9.78 Å². The van der Waals surface area contributed by atoms with Crippen molar-refractivity contribution in [2.45, 2.75) is 45.7 Å². The largest absolute Gasteiger partial charge is 0.359 e. The van der Waals surface area contributed by atoms with Gasteiger partial charge in [0.05, 0.1) is 4.92 Å². The summed E-state index contributed by atoms with van der Waals surface area (Å²) in [6.07, 6.45) is 2.11. The topological polar surface area (TPSA) is 73.0 Å². The Bertz CT molecular complexity index is 434. The molecule has 0 unspecified atom stereocenters. The van der Waals surface area contributed by atoms with Gasteiger partial charge in [0.15, 0.2) is 0 Å². The van der Waals surface area contributed by atoms with E-state index in [1.165, 1.54) is 0 Å². The highest BCUT2D eigenvalue weighted by Gasteiger charge is 2.40. The Morgan fingerprint density at radius 3 is 2.69 bits per heavy atom. The number of rotatable bonds is 4. The minimum atomic E-state index is -0.359. The van der Waals surface area contributed by atoms with Gasteiger partial charge in [0.1, 0.15) is 5.69 Å². The van der Waals surface area contributed by atoms with Crippen molar-refractivity contribution in [3.05, 3.63) is 15.8 Å². The van der Waals surface area contributed by atoms with Crippen LogP contribution in [0, 0.1) is 17.0 Å². The Hall–Kier alpha value is -1.59. The molecule has 1 saturated carbocycles. The third-order valence-electron chi connectivity index (χ3n) is 3.00. The zero-order valence-electron chi connectivity index (χ0n) is 9.78. The first-order valence-corrected chi connectivity index (χ1v) is 5.47. The van der Waals surface area contributed by atoms with Crippen LogP contribution in [-0.4, -0.2) is 20.2 Å². The third kappa shape index (κ3) is 1.75. The quantitative estimate of drug-likeness (QED) is 0.627. The summed E-state index contributed by atoms with van der Waals surface area (Å²) < 4.78 is 1.66. The molecule has 0 bridgehead atoms. The molecule has 0 saturated heterocycles. The van der Waals surface area contributed by atoms with Gasteiger partial charge in [-0.25, -0.2) is 4.68 Å². The van der Waals surface area contributed by atoms with Crippen LogP contribution in [0.2, 0.25) is 0 Å². The summed E-state index contributed by atoms with van der Waals surface area (Å²) in [5.74, 6) is 0.546. The highest BCUT2D eigenvalue weighted by atomic mass is 16.6. The fourth-order valence-corrected chi connectivity index (χ4v) is 1.74. The zero-order valence-corrected chi connectivity index (χ0v) is 9.78. The molecule has 1 aliphatic carbocycles. The lowest BCUT2D eigenvalue weighted by molar-refractivity contribution is -0.384. The Labute approximate surface area is 93.8 Å². The number of nitro groups is 1. The van der Waals surface area contributed by atoms with Gasteiger partial charge in [-0.2, -0.15) is 5.10 Å². The molecule has 0 amide bonds. The first kappa shape index (κ1) is 10.9. The van der Waals surface area contributed by atoms with Gasteiger partial charge >= 0.3 is 5.69 Å². The van der Waals surface area contributed by atoms with Crippen LogP contribution >= 0.6 is 0 Å². The highest BCUT2D eigenvalue weighted by Crippen LogP contribution is 2.41. The van der Waals surface area contributed by atoms with Crippen LogP contribution in [0.1, 0.15) is 32.4 Å². The average molecular weight is 224 g/mol. The lowest BCUT2D eigenvalue weighted by atomic mass is 10.3. The molecule has 0 radical (unpaired) electrons. The van der Waals surface area contributed by atoms with Crippen molar-refractivity contribution >= 4 is 11.5 Å². The number of anilines is 1. The molecule has 1 aromatic heterocycles. The van der Waals surface area contributed by atoms with Crippen LogP contribution in [0.15, 0.2) is 0 Å². The molecule has 88 valence electrons. The Morgan fingerprint density at radius 1 is 1.62 bits per heavy atom. The molecule has 1 heterocycles. The second-order valence-corrected chi connectivity index (χ2v) is 4.54. The van der Waals surface area contributed by atoms with Crippen LogP contribution in [0.4, 0.5) is 11.5 Å². The monoisotopic (exact) mass is 224 g/mol. The van der Waals surface area contributed by atoms with E-state index in [9.17, 15) is 10.1 Å². The van der Waals surface area contributed by atoms with Gasteiger partial charge in [0, 0.05) is 12.1 Å². The number of aromatic nitrogens is 2. The van der Waals surface area contributed by atoms with Gasteiger partial charge in [-0.3, -0.25) is 10.1 Å². The molecule has 1 aliphatic rings. The number of aryl methyl sites for hydroxylation is 2. The van der Waals surface area contributed by atoms with Crippen LogP contribution in [-0.2, 0) is 6.54 Å². The third-order valence-corrected chi connectivity index (χ3v) is 3.00. The van der Waals surface area contributed by atoms with Crippen molar-refractivity contribution in [3.8, 4) is 0 Å². The maximum absolute atomic E-state index is 11.0. The van der Waals surface area contributed by atoms with E-state index in [2.05, 4.69) is 17.3 Å². The van der Waals surface area contributed by atoms with Gasteiger partial charge in [-0.05, 0) is 33.6 Å². The van der Waals surface area contributed by atoms with Crippen molar-refractivity contribution in [2.24, 2.45) is 0 Å². The second kappa shape index (κ2) is 3.47. The molecule has 16 heavy (non-hydrogen) atoms. The number of nitrogens with zero attached hydrogens (tertiary/aromatic N) is 3.